The predicted octanol–water partition coefficient (Wildman–Crippen LogP) is -3.78. The molecule has 15 heteroatoms. The molecule has 4 unspecified atom stereocenters. The predicted molar refractivity (Wildman–Crippen MR) is 122 cm³/mol. The van der Waals surface area contributed by atoms with Crippen molar-refractivity contribution in [3.8, 4) is 0 Å². The monoisotopic (exact) mass is 488 g/mol. The zero-order valence-electron chi connectivity index (χ0n) is 18.1. The van der Waals surface area contributed by atoms with Crippen molar-refractivity contribution in [3.63, 3.8) is 0 Å². The van der Waals surface area contributed by atoms with Crippen molar-refractivity contribution in [3.05, 3.63) is 0 Å². The topological polar surface area (TPSA) is 249 Å². The van der Waals surface area contributed by atoms with Crippen LogP contribution >= 0.6 is 12.6 Å². The largest absolute Gasteiger partial charge is 0.480 e. The number of thiol groups is 1. The van der Waals surface area contributed by atoms with Gasteiger partial charge in [0.25, 0.3) is 0 Å². The number of carboxylic acids is 1. The Kier molecular flexibility index (Phi) is 11.4. The summed E-state index contributed by atoms with van der Waals surface area (Å²) in [6, 6.07) is -4.50. The number of carboxylic acid groups (broad SMARTS) is 1. The number of aliphatic imine (C=N–C) groups is 1. The molecule has 11 N–H and O–H groups in total. The average molecular weight is 489 g/mol. The number of hydrogen-bond acceptors (Lipinski definition) is 8. The van der Waals surface area contributed by atoms with Gasteiger partial charge in [-0.25, -0.2) is 4.79 Å². The van der Waals surface area contributed by atoms with Crippen LogP contribution in [-0.2, 0) is 24.0 Å². The molecular weight excluding hydrogens is 456 g/mol. The van der Waals surface area contributed by atoms with Crippen LogP contribution in [0.4, 0.5) is 0 Å². The fourth-order valence-electron chi connectivity index (χ4n) is 3.30. The number of likely N-dealkylation sites (tertiary alicyclic amines) is 1. The first-order chi connectivity index (χ1) is 15.5. The summed E-state index contributed by atoms with van der Waals surface area (Å²) in [6.45, 7) is 0.377. The summed E-state index contributed by atoms with van der Waals surface area (Å²) in [7, 11) is 0. The number of rotatable bonds is 13. The van der Waals surface area contributed by atoms with Gasteiger partial charge in [-0.15, -0.1) is 0 Å². The maximum absolute atomic E-state index is 13.0. The third kappa shape index (κ3) is 9.13. The third-order valence-corrected chi connectivity index (χ3v) is 5.35. The molecule has 4 amide bonds. The lowest BCUT2D eigenvalue weighted by atomic mass is 10.1. The molecule has 1 aliphatic rings. The number of nitrogens with zero attached hydrogens (tertiary/aromatic N) is 2. The highest BCUT2D eigenvalue weighted by Crippen LogP contribution is 2.20. The minimum atomic E-state index is -1.32. The summed E-state index contributed by atoms with van der Waals surface area (Å²) in [5.41, 5.74) is 21.3. The number of nitrogens with one attached hydrogen (secondary N) is 2. The van der Waals surface area contributed by atoms with E-state index in [1.807, 2.05) is 0 Å². The minimum absolute atomic E-state index is 0.0117. The molecule has 4 atom stereocenters. The molecule has 0 saturated carbocycles. The molecule has 186 valence electrons. The Morgan fingerprint density at radius 1 is 1.12 bits per heavy atom. The van der Waals surface area contributed by atoms with Crippen molar-refractivity contribution in [2.45, 2.75) is 56.3 Å². The Balaban J connectivity index is 2.88. The molecule has 0 aromatic heterocycles. The van der Waals surface area contributed by atoms with Crippen molar-refractivity contribution in [1.29, 1.82) is 0 Å². The van der Waals surface area contributed by atoms with Gasteiger partial charge in [-0.2, -0.15) is 12.6 Å². The van der Waals surface area contributed by atoms with Gasteiger partial charge in [-0.1, -0.05) is 0 Å². The molecule has 0 bridgehead atoms. The van der Waals surface area contributed by atoms with Gasteiger partial charge in [-0.05, 0) is 25.7 Å². The molecule has 1 rings (SSSR count). The van der Waals surface area contributed by atoms with Gasteiger partial charge in [0.05, 0.1) is 12.5 Å². The number of nitrogens with two attached hydrogens (primary N) is 4. The van der Waals surface area contributed by atoms with E-state index in [-0.39, 0.29) is 37.6 Å². The molecule has 1 aliphatic heterocycles. The van der Waals surface area contributed by atoms with Gasteiger partial charge in [0, 0.05) is 18.8 Å². The normalized spacial score (nSPS) is 18.0. The number of carbonyl (C=O) groups excluding carboxylic acids is 4. The highest BCUT2D eigenvalue weighted by molar-refractivity contribution is 7.80. The second kappa shape index (κ2) is 13.5. The van der Waals surface area contributed by atoms with Crippen LogP contribution in [0.3, 0.4) is 0 Å². The molecule has 14 nitrogen and oxygen atoms in total. The first-order valence-electron chi connectivity index (χ1n) is 10.3. The molecule has 0 radical (unpaired) electrons. The minimum Gasteiger partial charge on any atom is -0.480 e. The number of carbonyl (C=O) groups is 5. The van der Waals surface area contributed by atoms with E-state index in [2.05, 4.69) is 28.3 Å². The Hall–Kier alpha value is -3.07. The highest BCUT2D eigenvalue weighted by atomic mass is 32.1. The lowest BCUT2D eigenvalue weighted by Gasteiger charge is -2.29. The quantitative estimate of drug-likeness (QED) is 0.0547. The van der Waals surface area contributed by atoms with Crippen molar-refractivity contribution in [2.75, 3.05) is 18.8 Å². The van der Waals surface area contributed by atoms with Crippen LogP contribution in [0.1, 0.15) is 32.1 Å². The smallest absolute Gasteiger partial charge is 0.326 e. The second-order valence-corrected chi connectivity index (χ2v) is 7.92. The van der Waals surface area contributed by atoms with Gasteiger partial charge in [-0.3, -0.25) is 24.2 Å². The highest BCUT2D eigenvalue weighted by Gasteiger charge is 2.39. The lowest BCUT2D eigenvalue weighted by Crippen LogP contribution is -2.57. The van der Waals surface area contributed by atoms with E-state index in [0.717, 1.165) is 0 Å². The summed E-state index contributed by atoms with van der Waals surface area (Å²) < 4.78 is 0. The maximum Gasteiger partial charge on any atom is 0.326 e. The van der Waals surface area contributed by atoms with E-state index in [9.17, 15) is 29.1 Å². The van der Waals surface area contributed by atoms with Crippen LogP contribution in [0, 0.1) is 0 Å². The van der Waals surface area contributed by atoms with Crippen LogP contribution in [0.5, 0.6) is 0 Å². The maximum atomic E-state index is 13.0. The Labute approximate surface area is 196 Å². The van der Waals surface area contributed by atoms with Crippen LogP contribution in [0.15, 0.2) is 4.99 Å². The van der Waals surface area contributed by atoms with Crippen molar-refractivity contribution >= 4 is 48.2 Å². The van der Waals surface area contributed by atoms with E-state index >= 15 is 0 Å². The van der Waals surface area contributed by atoms with E-state index in [1.165, 1.54) is 4.90 Å². The van der Waals surface area contributed by atoms with Crippen molar-refractivity contribution in [1.82, 2.24) is 15.5 Å². The summed E-state index contributed by atoms with van der Waals surface area (Å²) >= 11 is 3.92. The number of aliphatic carboxylic acids is 1. The van der Waals surface area contributed by atoms with Gasteiger partial charge in [0.2, 0.25) is 23.6 Å². The Morgan fingerprint density at radius 2 is 1.79 bits per heavy atom. The number of primary amides is 1. The van der Waals surface area contributed by atoms with E-state index in [4.69, 9.17) is 22.9 Å². The van der Waals surface area contributed by atoms with Crippen molar-refractivity contribution in [2.24, 2.45) is 27.9 Å². The molecule has 0 aliphatic carbocycles. The molecule has 1 fully saturated rings. The number of guanidine groups is 1. The van der Waals surface area contributed by atoms with Gasteiger partial charge < -0.3 is 43.6 Å². The van der Waals surface area contributed by atoms with E-state index in [0.29, 0.717) is 12.8 Å². The number of amides is 4. The first kappa shape index (κ1) is 28.0. The van der Waals surface area contributed by atoms with Crippen LogP contribution in [-0.4, -0.2) is 88.6 Å². The summed E-state index contributed by atoms with van der Waals surface area (Å²) in [5, 5.41) is 14.2. The average Bonchev–Trinajstić information content (AvgIpc) is 3.23. The summed E-state index contributed by atoms with van der Waals surface area (Å²) in [5.74, 6) is -4.24. The van der Waals surface area contributed by atoms with Crippen LogP contribution < -0.4 is 33.6 Å². The SMILES string of the molecule is NC(=O)CC(NC(=O)C(N)CS)C(=O)N1CCCC1C(=O)NC(CCCN=C(N)N)C(=O)O. The molecule has 33 heavy (non-hydrogen) atoms. The fourth-order valence-corrected chi connectivity index (χ4v) is 3.46. The van der Waals surface area contributed by atoms with E-state index in [1.54, 1.807) is 0 Å². The van der Waals surface area contributed by atoms with Crippen LogP contribution in [0.2, 0.25) is 0 Å². The molecule has 0 aromatic rings. The molecule has 0 spiro atoms. The third-order valence-electron chi connectivity index (χ3n) is 4.95. The standard InChI is InChI=1S/C18H32N8O6S/c19-9(8-33)14(28)25-11(7-13(20)27)16(30)26-6-2-4-12(26)15(29)24-10(17(31)32)3-1-5-23-18(21)22/h9-12,33H,1-8,19H2,(H2,20,27)(H,24,29)(H,25,28)(H,31,32)(H4,21,22,23). The van der Waals surface area contributed by atoms with Crippen molar-refractivity contribution < 1.29 is 29.1 Å². The summed E-state index contributed by atoms with van der Waals surface area (Å²) in [6.07, 6.45) is 0.642. The molecule has 0 aromatic carbocycles. The van der Waals surface area contributed by atoms with Gasteiger partial charge >= 0.3 is 5.97 Å². The first-order valence-corrected chi connectivity index (χ1v) is 10.9. The van der Waals surface area contributed by atoms with Crippen LogP contribution in [0.25, 0.3) is 0 Å². The molecule has 1 saturated heterocycles. The van der Waals surface area contributed by atoms with Gasteiger partial charge in [0.1, 0.15) is 18.1 Å². The number of hydrogen-bond donors (Lipinski definition) is 8. The molecular formula is C18H32N8O6S. The second-order valence-electron chi connectivity index (χ2n) is 7.56. The zero-order valence-corrected chi connectivity index (χ0v) is 19.0. The Bertz CT molecular complexity index is 775. The zero-order chi connectivity index (χ0) is 25.1. The fraction of sp³-hybridized carbons (Fsp3) is 0.667. The Morgan fingerprint density at radius 3 is 2.33 bits per heavy atom. The lowest BCUT2D eigenvalue weighted by molar-refractivity contribution is -0.145. The summed E-state index contributed by atoms with van der Waals surface area (Å²) in [4.78, 5) is 65.9. The van der Waals surface area contributed by atoms with E-state index < -0.39 is 60.2 Å². The molecule has 1 heterocycles. The van der Waals surface area contributed by atoms with Gasteiger partial charge in [0.15, 0.2) is 5.96 Å².